The third kappa shape index (κ3) is 4.67. The molecule has 1 amide bonds. The van der Waals surface area contributed by atoms with E-state index in [0.29, 0.717) is 11.3 Å². The number of rotatable bonds is 4. The highest BCUT2D eigenvalue weighted by Gasteiger charge is 2.19. The summed E-state index contributed by atoms with van der Waals surface area (Å²) in [6, 6.07) is 13.7. The summed E-state index contributed by atoms with van der Waals surface area (Å²) in [5.74, 6) is -0.357. The summed E-state index contributed by atoms with van der Waals surface area (Å²) >= 11 is 0. The fourth-order valence-corrected chi connectivity index (χ4v) is 2.65. The number of hydrogen-bond acceptors (Lipinski definition) is 4. The average Bonchev–Trinajstić information content (AvgIpc) is 2.62. The summed E-state index contributed by atoms with van der Waals surface area (Å²) in [6.07, 6.45) is 2.87. The van der Waals surface area contributed by atoms with E-state index in [2.05, 4.69) is 41.4 Å². The van der Waals surface area contributed by atoms with Crippen LogP contribution in [0.3, 0.4) is 0 Å². The van der Waals surface area contributed by atoms with Gasteiger partial charge in [0, 0.05) is 23.8 Å². The second-order valence-electron chi connectivity index (χ2n) is 7.18. The van der Waals surface area contributed by atoms with Gasteiger partial charge in [0.25, 0.3) is 5.91 Å². The van der Waals surface area contributed by atoms with E-state index in [0.717, 1.165) is 11.3 Å². The second-order valence-corrected chi connectivity index (χ2v) is 7.18. The van der Waals surface area contributed by atoms with Gasteiger partial charge in [0.05, 0.1) is 5.56 Å². The molecule has 6 heteroatoms. The highest BCUT2D eigenvalue weighted by molar-refractivity contribution is 6.04. The molecule has 0 aliphatic rings. The SMILES string of the molecule is CC(C)(C)c1ccccc1NC(=O)c1cnc(Nc2cccc(F)c2)nc1. The maximum atomic E-state index is 13.2. The van der Waals surface area contributed by atoms with Gasteiger partial charge < -0.3 is 10.6 Å². The maximum Gasteiger partial charge on any atom is 0.258 e. The normalized spacial score (nSPS) is 11.1. The zero-order valence-electron chi connectivity index (χ0n) is 15.5. The maximum absolute atomic E-state index is 13.2. The van der Waals surface area contributed by atoms with Crippen LogP contribution in [0, 0.1) is 5.82 Å². The lowest BCUT2D eigenvalue weighted by Gasteiger charge is -2.22. The summed E-state index contributed by atoms with van der Waals surface area (Å²) in [5, 5.41) is 5.82. The molecule has 3 aromatic rings. The first-order chi connectivity index (χ1) is 12.8. The van der Waals surface area contributed by atoms with Crippen molar-refractivity contribution in [1.29, 1.82) is 0 Å². The Bertz CT molecular complexity index is 949. The first-order valence-electron chi connectivity index (χ1n) is 8.58. The molecular weight excluding hydrogens is 343 g/mol. The molecule has 0 saturated carbocycles. The van der Waals surface area contributed by atoms with E-state index in [1.807, 2.05) is 24.3 Å². The van der Waals surface area contributed by atoms with Crippen LogP contribution < -0.4 is 10.6 Å². The Morgan fingerprint density at radius 3 is 2.37 bits per heavy atom. The third-order valence-electron chi connectivity index (χ3n) is 3.98. The molecule has 27 heavy (non-hydrogen) atoms. The lowest BCUT2D eigenvalue weighted by Crippen LogP contribution is -2.19. The molecule has 2 N–H and O–H groups in total. The van der Waals surface area contributed by atoms with E-state index in [-0.39, 0.29) is 23.1 Å². The lowest BCUT2D eigenvalue weighted by molar-refractivity contribution is 0.102. The number of nitrogens with one attached hydrogen (secondary N) is 2. The number of amides is 1. The van der Waals surface area contributed by atoms with Crippen molar-refractivity contribution in [3.8, 4) is 0 Å². The summed E-state index contributed by atoms with van der Waals surface area (Å²) in [7, 11) is 0. The van der Waals surface area contributed by atoms with Crippen molar-refractivity contribution in [3.05, 3.63) is 77.9 Å². The molecule has 0 bridgehead atoms. The molecule has 0 unspecified atom stereocenters. The van der Waals surface area contributed by atoms with Gasteiger partial charge in [-0.25, -0.2) is 14.4 Å². The number of hydrogen-bond donors (Lipinski definition) is 2. The van der Waals surface area contributed by atoms with Crippen LogP contribution in [0.2, 0.25) is 0 Å². The van der Waals surface area contributed by atoms with E-state index in [1.54, 1.807) is 12.1 Å². The molecule has 5 nitrogen and oxygen atoms in total. The zero-order valence-corrected chi connectivity index (χ0v) is 15.5. The number of anilines is 3. The van der Waals surface area contributed by atoms with E-state index in [4.69, 9.17) is 0 Å². The minimum atomic E-state index is -0.353. The van der Waals surface area contributed by atoms with E-state index in [1.165, 1.54) is 24.5 Å². The molecule has 0 atom stereocenters. The number of aromatic nitrogens is 2. The molecule has 2 aromatic carbocycles. The first-order valence-corrected chi connectivity index (χ1v) is 8.58. The lowest BCUT2D eigenvalue weighted by atomic mass is 9.86. The third-order valence-corrected chi connectivity index (χ3v) is 3.98. The molecule has 0 saturated heterocycles. The Morgan fingerprint density at radius 2 is 1.70 bits per heavy atom. The van der Waals surface area contributed by atoms with Gasteiger partial charge in [-0.1, -0.05) is 45.0 Å². The molecule has 0 fully saturated rings. The minimum absolute atomic E-state index is 0.0981. The van der Waals surface area contributed by atoms with Crippen LogP contribution >= 0.6 is 0 Å². The second kappa shape index (κ2) is 7.53. The average molecular weight is 364 g/mol. The van der Waals surface area contributed by atoms with Crippen molar-refractivity contribution < 1.29 is 9.18 Å². The Balaban J connectivity index is 1.73. The topological polar surface area (TPSA) is 66.9 Å². The predicted molar refractivity (Wildman–Crippen MR) is 105 cm³/mol. The van der Waals surface area contributed by atoms with Crippen molar-refractivity contribution in [1.82, 2.24) is 9.97 Å². The van der Waals surface area contributed by atoms with Crippen LogP contribution in [0.15, 0.2) is 60.9 Å². The number of para-hydroxylation sites is 1. The summed E-state index contributed by atoms with van der Waals surface area (Å²) in [6.45, 7) is 6.27. The van der Waals surface area contributed by atoms with Crippen LogP contribution in [0.4, 0.5) is 21.7 Å². The number of nitrogens with zero attached hydrogens (tertiary/aromatic N) is 2. The molecular formula is C21H21FN4O. The molecule has 0 aliphatic heterocycles. The van der Waals surface area contributed by atoms with Gasteiger partial charge in [0.2, 0.25) is 5.95 Å². The first kappa shape index (κ1) is 18.5. The molecule has 3 rings (SSSR count). The van der Waals surface area contributed by atoms with Crippen LogP contribution in [0.25, 0.3) is 0 Å². The van der Waals surface area contributed by atoms with Crippen LogP contribution in [0.1, 0.15) is 36.7 Å². The molecule has 0 spiro atoms. The van der Waals surface area contributed by atoms with Crippen LogP contribution in [-0.4, -0.2) is 15.9 Å². The summed E-state index contributed by atoms with van der Waals surface area (Å²) in [4.78, 5) is 20.8. The number of halogens is 1. The van der Waals surface area contributed by atoms with Gasteiger partial charge in [0.1, 0.15) is 5.82 Å². The van der Waals surface area contributed by atoms with Gasteiger partial charge in [-0.15, -0.1) is 0 Å². The van der Waals surface area contributed by atoms with Gasteiger partial charge in [-0.2, -0.15) is 0 Å². The number of carbonyl (C=O) groups excluding carboxylic acids is 1. The Labute approximate surface area is 157 Å². The minimum Gasteiger partial charge on any atom is -0.324 e. The molecule has 138 valence electrons. The van der Waals surface area contributed by atoms with Gasteiger partial charge in [-0.05, 0) is 35.2 Å². The fourth-order valence-electron chi connectivity index (χ4n) is 2.65. The molecule has 1 aromatic heterocycles. The smallest absolute Gasteiger partial charge is 0.258 e. The van der Waals surface area contributed by atoms with Crippen LogP contribution in [-0.2, 0) is 5.41 Å². The Morgan fingerprint density at radius 1 is 1.00 bits per heavy atom. The van der Waals surface area contributed by atoms with Crippen LogP contribution in [0.5, 0.6) is 0 Å². The monoisotopic (exact) mass is 364 g/mol. The standard InChI is InChI=1S/C21H21FN4O/c1-21(2,3)17-9-4-5-10-18(17)26-19(27)14-12-23-20(24-13-14)25-16-8-6-7-15(22)11-16/h4-13H,1-3H3,(H,26,27)(H,23,24,25). The largest absolute Gasteiger partial charge is 0.324 e. The zero-order chi connectivity index (χ0) is 19.4. The van der Waals surface area contributed by atoms with E-state index >= 15 is 0 Å². The quantitative estimate of drug-likeness (QED) is 0.690. The summed E-state index contributed by atoms with van der Waals surface area (Å²) in [5.41, 5.74) is 2.58. The Hall–Kier alpha value is -3.28. The highest BCUT2D eigenvalue weighted by Crippen LogP contribution is 2.29. The van der Waals surface area contributed by atoms with Crippen molar-refractivity contribution in [3.63, 3.8) is 0 Å². The number of benzene rings is 2. The van der Waals surface area contributed by atoms with Gasteiger partial charge >= 0.3 is 0 Å². The number of carbonyl (C=O) groups is 1. The van der Waals surface area contributed by atoms with Crippen molar-refractivity contribution >= 4 is 23.2 Å². The van der Waals surface area contributed by atoms with Gasteiger partial charge in [-0.3, -0.25) is 4.79 Å². The predicted octanol–water partition coefficient (Wildman–Crippen LogP) is 4.91. The van der Waals surface area contributed by atoms with E-state index in [9.17, 15) is 9.18 Å². The van der Waals surface area contributed by atoms with Crippen molar-refractivity contribution in [2.24, 2.45) is 0 Å². The molecule has 1 heterocycles. The highest BCUT2D eigenvalue weighted by atomic mass is 19.1. The fraction of sp³-hybridized carbons (Fsp3) is 0.190. The van der Waals surface area contributed by atoms with E-state index < -0.39 is 0 Å². The molecule has 0 radical (unpaired) electrons. The molecule has 0 aliphatic carbocycles. The Kier molecular flexibility index (Phi) is 5.16. The van der Waals surface area contributed by atoms with Crippen molar-refractivity contribution in [2.75, 3.05) is 10.6 Å². The van der Waals surface area contributed by atoms with Crippen molar-refractivity contribution in [2.45, 2.75) is 26.2 Å². The summed E-state index contributed by atoms with van der Waals surface area (Å²) < 4.78 is 13.2. The van der Waals surface area contributed by atoms with Gasteiger partial charge in [0.15, 0.2) is 0 Å².